The molecule has 0 saturated carbocycles. The Kier molecular flexibility index (Phi) is 4.06. The van der Waals surface area contributed by atoms with Gasteiger partial charge < -0.3 is 4.57 Å². The molecule has 0 radical (unpaired) electrons. The van der Waals surface area contributed by atoms with Gasteiger partial charge in [-0.1, -0.05) is 28.9 Å². The van der Waals surface area contributed by atoms with Crippen molar-refractivity contribution in [2.75, 3.05) is 0 Å². The number of hydrogen-bond acceptors (Lipinski definition) is 2. The van der Waals surface area contributed by atoms with Crippen LogP contribution in [0.25, 0.3) is 11.4 Å². The third-order valence-corrected chi connectivity index (χ3v) is 3.09. The molecule has 2 aromatic rings. The van der Waals surface area contributed by atoms with E-state index in [-0.39, 0.29) is 5.56 Å². The number of hydrogen-bond donors (Lipinski definition) is 0. The van der Waals surface area contributed by atoms with E-state index in [2.05, 4.69) is 26.1 Å². The van der Waals surface area contributed by atoms with Gasteiger partial charge in [-0.05, 0) is 18.6 Å². The molecule has 0 aliphatic carbocycles. The molecule has 0 spiro atoms. The van der Waals surface area contributed by atoms with Crippen molar-refractivity contribution in [3.8, 4) is 11.4 Å². The standard InChI is InChI=1S/C12H12BrF2N3/c1-2-6-18-10(7-13)16-17-12(18)8-4-3-5-9(14)11(8)15/h3-5H,2,6-7H2,1H3. The van der Waals surface area contributed by atoms with Crippen molar-refractivity contribution in [1.82, 2.24) is 14.8 Å². The molecule has 0 aliphatic rings. The topological polar surface area (TPSA) is 30.7 Å². The van der Waals surface area contributed by atoms with E-state index < -0.39 is 11.6 Å². The number of alkyl halides is 1. The quantitative estimate of drug-likeness (QED) is 0.808. The van der Waals surface area contributed by atoms with Crippen molar-refractivity contribution >= 4 is 15.9 Å². The first-order valence-corrected chi connectivity index (χ1v) is 6.73. The van der Waals surface area contributed by atoms with Crippen molar-refractivity contribution in [2.24, 2.45) is 0 Å². The van der Waals surface area contributed by atoms with Crippen LogP contribution >= 0.6 is 15.9 Å². The van der Waals surface area contributed by atoms with E-state index in [1.54, 1.807) is 4.57 Å². The molecule has 6 heteroatoms. The zero-order chi connectivity index (χ0) is 13.1. The van der Waals surface area contributed by atoms with Gasteiger partial charge in [0.2, 0.25) is 0 Å². The van der Waals surface area contributed by atoms with E-state index in [0.29, 0.717) is 23.5 Å². The van der Waals surface area contributed by atoms with Crippen LogP contribution in [0, 0.1) is 11.6 Å². The van der Waals surface area contributed by atoms with Crippen LogP contribution in [0.3, 0.4) is 0 Å². The predicted molar refractivity (Wildman–Crippen MR) is 68.3 cm³/mol. The first kappa shape index (κ1) is 13.1. The summed E-state index contributed by atoms with van der Waals surface area (Å²) < 4.78 is 28.8. The molecule has 0 aliphatic heterocycles. The van der Waals surface area contributed by atoms with Gasteiger partial charge in [-0.15, -0.1) is 10.2 Å². The minimum absolute atomic E-state index is 0.142. The molecule has 1 aromatic heterocycles. The van der Waals surface area contributed by atoms with Crippen LogP contribution in [0.1, 0.15) is 19.2 Å². The smallest absolute Gasteiger partial charge is 0.169 e. The zero-order valence-corrected chi connectivity index (χ0v) is 11.4. The highest BCUT2D eigenvalue weighted by Gasteiger charge is 2.17. The molecule has 1 aromatic carbocycles. The van der Waals surface area contributed by atoms with Gasteiger partial charge in [0, 0.05) is 6.54 Å². The van der Waals surface area contributed by atoms with Gasteiger partial charge in [0.1, 0.15) is 5.82 Å². The lowest BCUT2D eigenvalue weighted by molar-refractivity contribution is 0.509. The number of benzene rings is 1. The lowest BCUT2D eigenvalue weighted by atomic mass is 10.2. The second-order valence-electron chi connectivity index (χ2n) is 3.83. The Morgan fingerprint density at radius 1 is 1.28 bits per heavy atom. The van der Waals surface area contributed by atoms with E-state index in [4.69, 9.17) is 0 Å². The summed E-state index contributed by atoms with van der Waals surface area (Å²) in [6, 6.07) is 4.06. The first-order valence-electron chi connectivity index (χ1n) is 5.61. The highest BCUT2D eigenvalue weighted by Crippen LogP contribution is 2.24. The lowest BCUT2D eigenvalue weighted by Crippen LogP contribution is -2.05. The van der Waals surface area contributed by atoms with E-state index in [9.17, 15) is 8.78 Å². The van der Waals surface area contributed by atoms with Crippen molar-refractivity contribution in [3.63, 3.8) is 0 Å². The molecule has 0 bridgehead atoms. The van der Waals surface area contributed by atoms with Crippen molar-refractivity contribution in [3.05, 3.63) is 35.7 Å². The Morgan fingerprint density at radius 2 is 2.06 bits per heavy atom. The highest BCUT2D eigenvalue weighted by molar-refractivity contribution is 9.08. The Hall–Kier alpha value is -1.30. The SMILES string of the molecule is CCCn1c(CBr)nnc1-c1cccc(F)c1F. The van der Waals surface area contributed by atoms with Crippen molar-refractivity contribution in [1.29, 1.82) is 0 Å². The molecule has 3 nitrogen and oxygen atoms in total. The highest BCUT2D eigenvalue weighted by atomic mass is 79.9. The van der Waals surface area contributed by atoms with Gasteiger partial charge in [-0.3, -0.25) is 0 Å². The summed E-state index contributed by atoms with van der Waals surface area (Å²) in [7, 11) is 0. The maximum atomic E-state index is 13.8. The molecular weight excluding hydrogens is 304 g/mol. The Bertz CT molecular complexity index is 554. The van der Waals surface area contributed by atoms with Crippen LogP contribution in [-0.2, 0) is 11.9 Å². The van der Waals surface area contributed by atoms with Gasteiger partial charge in [-0.2, -0.15) is 0 Å². The maximum Gasteiger partial charge on any atom is 0.169 e. The fraction of sp³-hybridized carbons (Fsp3) is 0.333. The Balaban J connectivity index is 2.56. The molecule has 0 N–H and O–H groups in total. The van der Waals surface area contributed by atoms with Gasteiger partial charge in [0.15, 0.2) is 17.5 Å². The largest absolute Gasteiger partial charge is 0.310 e. The van der Waals surface area contributed by atoms with Crippen molar-refractivity contribution < 1.29 is 8.78 Å². The number of rotatable bonds is 4. The summed E-state index contributed by atoms with van der Waals surface area (Å²) in [6.07, 6.45) is 0.863. The second kappa shape index (κ2) is 5.56. The zero-order valence-electron chi connectivity index (χ0n) is 9.83. The third kappa shape index (κ3) is 2.29. The van der Waals surface area contributed by atoms with Gasteiger partial charge in [0.05, 0.1) is 10.9 Å². The Labute approximate surface area is 112 Å². The summed E-state index contributed by atoms with van der Waals surface area (Å²) in [4.78, 5) is 0. The van der Waals surface area contributed by atoms with E-state index in [0.717, 1.165) is 12.5 Å². The van der Waals surface area contributed by atoms with Gasteiger partial charge >= 0.3 is 0 Å². The molecule has 96 valence electrons. The molecular formula is C12H12BrF2N3. The predicted octanol–water partition coefficient (Wildman–Crippen LogP) is 3.53. The Morgan fingerprint density at radius 3 is 2.72 bits per heavy atom. The molecule has 0 unspecified atom stereocenters. The van der Waals surface area contributed by atoms with Crippen LogP contribution in [-0.4, -0.2) is 14.8 Å². The maximum absolute atomic E-state index is 13.8. The summed E-state index contributed by atoms with van der Waals surface area (Å²) in [5.41, 5.74) is 0.142. The van der Waals surface area contributed by atoms with Crippen LogP contribution in [0.15, 0.2) is 18.2 Å². The summed E-state index contributed by atoms with van der Waals surface area (Å²) in [6.45, 7) is 2.67. The lowest BCUT2D eigenvalue weighted by Gasteiger charge is -2.08. The van der Waals surface area contributed by atoms with Crippen LogP contribution < -0.4 is 0 Å². The fourth-order valence-corrected chi connectivity index (χ4v) is 2.18. The molecule has 0 fully saturated rings. The van der Waals surface area contributed by atoms with E-state index >= 15 is 0 Å². The van der Waals surface area contributed by atoms with Gasteiger partial charge in [-0.25, -0.2) is 8.78 Å². The van der Waals surface area contributed by atoms with Crippen molar-refractivity contribution in [2.45, 2.75) is 25.2 Å². The summed E-state index contributed by atoms with van der Waals surface area (Å²) in [5, 5.41) is 8.46. The van der Waals surface area contributed by atoms with Gasteiger partial charge in [0.25, 0.3) is 0 Å². The second-order valence-corrected chi connectivity index (χ2v) is 4.39. The van der Waals surface area contributed by atoms with E-state index in [1.807, 2.05) is 6.92 Å². The molecule has 18 heavy (non-hydrogen) atoms. The van der Waals surface area contributed by atoms with Crippen LogP contribution in [0.5, 0.6) is 0 Å². The van der Waals surface area contributed by atoms with E-state index in [1.165, 1.54) is 12.1 Å². The monoisotopic (exact) mass is 315 g/mol. The molecule has 0 saturated heterocycles. The normalized spacial score (nSPS) is 10.9. The fourth-order valence-electron chi connectivity index (χ4n) is 1.77. The average molecular weight is 316 g/mol. The number of nitrogens with zero attached hydrogens (tertiary/aromatic N) is 3. The number of halogens is 3. The molecule has 2 rings (SSSR count). The molecule has 0 atom stereocenters. The minimum atomic E-state index is -0.886. The summed E-state index contributed by atoms with van der Waals surface area (Å²) >= 11 is 3.31. The minimum Gasteiger partial charge on any atom is -0.310 e. The first-order chi connectivity index (χ1) is 8.69. The summed E-state index contributed by atoms with van der Waals surface area (Å²) in [5.74, 6) is -0.693. The molecule has 1 heterocycles. The molecule has 0 amide bonds. The van der Waals surface area contributed by atoms with Crippen LogP contribution in [0.4, 0.5) is 8.78 Å². The average Bonchev–Trinajstić information content (AvgIpc) is 2.76. The third-order valence-electron chi connectivity index (χ3n) is 2.59. The van der Waals surface area contributed by atoms with Crippen LogP contribution in [0.2, 0.25) is 0 Å². The number of aromatic nitrogens is 3.